The molecule has 2 atom stereocenters. The van der Waals surface area contributed by atoms with Crippen LogP contribution in [-0.2, 0) is 0 Å². The number of hydrogen-bond acceptors (Lipinski definition) is 4. The van der Waals surface area contributed by atoms with E-state index in [0.29, 0.717) is 11.8 Å². The van der Waals surface area contributed by atoms with E-state index in [9.17, 15) is 0 Å². The van der Waals surface area contributed by atoms with Gasteiger partial charge in [-0.05, 0) is 72.2 Å². The highest BCUT2D eigenvalue weighted by Crippen LogP contribution is 2.56. The van der Waals surface area contributed by atoms with Gasteiger partial charge in [-0.15, -0.1) is 0 Å². The average Bonchev–Trinajstić information content (AvgIpc) is 3.47. The molecule has 2 aromatic heterocycles. The van der Waals surface area contributed by atoms with Crippen molar-refractivity contribution in [2.45, 2.75) is 31.1 Å². The number of rotatable bonds is 4. The van der Waals surface area contributed by atoms with E-state index < -0.39 is 16.0 Å². The van der Waals surface area contributed by atoms with E-state index in [1.807, 2.05) is 24.3 Å². The molecule has 0 N–H and O–H groups in total. The fourth-order valence-corrected chi connectivity index (χ4v) is 10.4. The van der Waals surface area contributed by atoms with Crippen molar-refractivity contribution in [3.05, 3.63) is 157 Å². The highest BCUT2D eigenvalue weighted by atomic mass is 31.1. The summed E-state index contributed by atoms with van der Waals surface area (Å²) < 4.78 is 27.1. The van der Waals surface area contributed by atoms with Crippen molar-refractivity contribution in [1.29, 1.82) is 0 Å². The first kappa shape index (κ1) is 28.4. The minimum Gasteiger partial charge on any atom is -0.416 e. The number of benzene rings is 6. The highest BCUT2D eigenvalue weighted by Gasteiger charge is 2.34. The lowest BCUT2D eigenvalue weighted by Gasteiger charge is -2.24. The molecular formula is C41H32O4P2. The van der Waals surface area contributed by atoms with Crippen molar-refractivity contribution < 1.29 is 16.8 Å². The number of hydrogen-bond donors (Lipinski definition) is 0. The highest BCUT2D eigenvalue weighted by molar-refractivity contribution is 7.46. The van der Waals surface area contributed by atoms with Crippen LogP contribution in [0.25, 0.3) is 54.5 Å². The van der Waals surface area contributed by atoms with Gasteiger partial charge in [0.15, 0.2) is 0 Å². The third kappa shape index (κ3) is 5.10. The predicted octanol–water partition coefficient (Wildman–Crippen LogP) is 13.9. The first-order chi connectivity index (χ1) is 23.3. The first-order valence-corrected chi connectivity index (χ1v) is 18.5. The van der Waals surface area contributed by atoms with Crippen molar-refractivity contribution in [1.82, 2.24) is 0 Å². The van der Waals surface area contributed by atoms with E-state index in [1.54, 1.807) is 0 Å². The Morgan fingerprint density at radius 3 is 1.02 bits per heavy atom. The summed E-state index contributed by atoms with van der Waals surface area (Å²) in [6.45, 7) is 0. The maximum Gasteiger partial charge on any atom is 0.253 e. The van der Waals surface area contributed by atoms with Crippen LogP contribution in [0.3, 0.4) is 0 Å². The SMILES string of the molecule is c1ccc(-p2oc3ccccc3c3ccccc3o2)c([C@H]2CCC[C@H]2c2ccccc2-p2oc3ccccc3c3ccccc3o2)c1. The van der Waals surface area contributed by atoms with Crippen molar-refractivity contribution in [2.75, 3.05) is 0 Å². The molecule has 6 heteroatoms. The molecule has 0 bridgehead atoms. The second-order valence-corrected chi connectivity index (χ2v) is 14.8. The minimum absolute atomic E-state index is 0.303. The third-order valence-corrected chi connectivity index (χ3v) is 12.5. The summed E-state index contributed by atoms with van der Waals surface area (Å²) >= 11 is 0. The molecule has 6 aromatic carbocycles. The predicted molar refractivity (Wildman–Crippen MR) is 195 cm³/mol. The molecule has 47 heavy (non-hydrogen) atoms. The maximum absolute atomic E-state index is 6.77. The van der Waals surface area contributed by atoms with Crippen LogP contribution in [0.4, 0.5) is 0 Å². The van der Waals surface area contributed by atoms with Crippen LogP contribution in [-0.4, -0.2) is 0 Å². The summed E-state index contributed by atoms with van der Waals surface area (Å²) in [7, 11) is -2.84. The quantitative estimate of drug-likeness (QED) is 0.190. The zero-order valence-corrected chi connectivity index (χ0v) is 27.4. The van der Waals surface area contributed by atoms with Gasteiger partial charge in [0.25, 0.3) is 16.0 Å². The average molecular weight is 651 g/mol. The van der Waals surface area contributed by atoms with Crippen LogP contribution < -0.4 is 0 Å². The second-order valence-electron chi connectivity index (χ2n) is 12.1. The van der Waals surface area contributed by atoms with Gasteiger partial charge in [-0.1, -0.05) is 116 Å². The van der Waals surface area contributed by atoms with Gasteiger partial charge in [0.1, 0.15) is 22.3 Å². The van der Waals surface area contributed by atoms with Crippen molar-refractivity contribution >= 4 is 59.9 Å². The van der Waals surface area contributed by atoms with Crippen molar-refractivity contribution in [2.24, 2.45) is 0 Å². The molecule has 0 spiro atoms. The molecule has 1 fully saturated rings. The zero-order chi connectivity index (χ0) is 31.2. The summed E-state index contributed by atoms with van der Waals surface area (Å²) in [5.41, 5.74) is 6.05. The Bertz CT molecular complexity index is 2210. The van der Waals surface area contributed by atoms with Gasteiger partial charge in [-0.25, -0.2) is 0 Å². The molecule has 1 saturated carbocycles. The molecule has 9 rings (SSSR count). The summed E-state index contributed by atoms with van der Waals surface area (Å²) in [4.78, 5) is 0. The van der Waals surface area contributed by atoms with E-state index in [4.69, 9.17) is 16.8 Å². The van der Waals surface area contributed by atoms with E-state index in [0.717, 1.165) is 73.7 Å². The standard InChI is InChI=1S/C41H32O4P2/c1-7-22-36-30(14-1)31-15-2-8-23-37(31)43-46(42-36)40-26-11-5-18-34(40)28-20-13-21-29(28)35-19-6-12-27-41(35)47-44-38-24-9-3-16-32(38)33-17-4-10-25-39(33)45-47/h1-12,14-19,22-29H,13,20-21H2/t28-,29+. The topological polar surface area (TPSA) is 52.6 Å². The zero-order valence-electron chi connectivity index (χ0n) is 25.7. The molecule has 4 nitrogen and oxygen atoms in total. The molecule has 2 heterocycles. The molecule has 1 aliphatic carbocycles. The van der Waals surface area contributed by atoms with Gasteiger partial charge in [0.05, 0.1) is 10.6 Å². The smallest absolute Gasteiger partial charge is 0.253 e. The molecule has 0 saturated heterocycles. The molecule has 0 amide bonds. The molecular weight excluding hydrogens is 618 g/mol. The Balaban J connectivity index is 1.21. The fraction of sp³-hybridized carbons (Fsp3) is 0.122. The van der Waals surface area contributed by atoms with Gasteiger partial charge >= 0.3 is 0 Å². The van der Waals surface area contributed by atoms with Crippen LogP contribution >= 0.6 is 16.0 Å². The molecule has 230 valence electrons. The van der Waals surface area contributed by atoms with E-state index in [1.165, 1.54) is 11.1 Å². The lowest BCUT2D eigenvalue weighted by Crippen LogP contribution is -2.06. The van der Waals surface area contributed by atoms with Gasteiger partial charge < -0.3 is 16.8 Å². The van der Waals surface area contributed by atoms with Gasteiger partial charge in [0, 0.05) is 21.5 Å². The van der Waals surface area contributed by atoms with Crippen LogP contribution in [0, 0.1) is 0 Å². The van der Waals surface area contributed by atoms with Crippen LogP contribution in [0.15, 0.2) is 162 Å². The van der Waals surface area contributed by atoms with E-state index >= 15 is 0 Å². The van der Waals surface area contributed by atoms with Crippen LogP contribution in [0.1, 0.15) is 42.2 Å². The Labute approximate surface area is 274 Å². The monoisotopic (exact) mass is 650 g/mol. The molecule has 8 aromatic rings. The van der Waals surface area contributed by atoms with Crippen LogP contribution in [0.2, 0.25) is 0 Å². The van der Waals surface area contributed by atoms with Crippen molar-refractivity contribution in [3.63, 3.8) is 0 Å². The number of fused-ring (bicyclic) bond motifs is 6. The minimum atomic E-state index is -1.42. The van der Waals surface area contributed by atoms with E-state index in [2.05, 4.69) is 121 Å². The Morgan fingerprint density at radius 2 is 0.660 bits per heavy atom. The molecule has 0 unspecified atom stereocenters. The summed E-state index contributed by atoms with van der Waals surface area (Å²) in [6.07, 6.45) is 3.34. The first-order valence-electron chi connectivity index (χ1n) is 16.2. The molecule has 0 aliphatic heterocycles. The second kappa shape index (κ2) is 12.0. The lowest BCUT2D eigenvalue weighted by atomic mass is 9.84. The summed E-state index contributed by atoms with van der Waals surface area (Å²) in [6, 6.07) is 50.6. The summed E-state index contributed by atoms with van der Waals surface area (Å²) in [5.74, 6) is 0.606. The van der Waals surface area contributed by atoms with Gasteiger partial charge in [0.2, 0.25) is 0 Å². The van der Waals surface area contributed by atoms with E-state index in [-0.39, 0.29) is 0 Å². The van der Waals surface area contributed by atoms with Gasteiger partial charge in [-0.3, -0.25) is 0 Å². The Hall–Kier alpha value is -4.88. The largest absolute Gasteiger partial charge is 0.416 e. The molecule has 1 aliphatic rings. The normalized spacial score (nSPS) is 16.3. The molecule has 0 radical (unpaired) electrons. The fourth-order valence-electron chi connectivity index (χ4n) is 7.31. The van der Waals surface area contributed by atoms with Crippen LogP contribution in [0.5, 0.6) is 0 Å². The summed E-state index contributed by atoms with van der Waals surface area (Å²) in [5, 5.41) is 6.52. The number of para-hydroxylation sites is 4. The van der Waals surface area contributed by atoms with Gasteiger partial charge in [-0.2, -0.15) is 0 Å². The lowest BCUT2D eigenvalue weighted by molar-refractivity contribution is 0.619. The van der Waals surface area contributed by atoms with Crippen molar-refractivity contribution in [3.8, 4) is 10.6 Å². The Kier molecular flexibility index (Phi) is 7.27. The third-order valence-electron chi connectivity index (χ3n) is 9.44. The maximum atomic E-state index is 6.77. The Morgan fingerprint density at radius 1 is 0.362 bits per heavy atom.